The van der Waals surface area contributed by atoms with Crippen LogP contribution >= 0.6 is 0 Å². The van der Waals surface area contributed by atoms with Crippen molar-refractivity contribution in [3.63, 3.8) is 0 Å². The molecule has 6 nitrogen and oxygen atoms in total. The third-order valence-corrected chi connectivity index (χ3v) is 6.77. The topological polar surface area (TPSA) is 62.2 Å². The van der Waals surface area contributed by atoms with Crippen LogP contribution in [0.3, 0.4) is 0 Å². The lowest BCUT2D eigenvalue weighted by atomic mass is 9.86. The Morgan fingerprint density at radius 2 is 1.93 bits per heavy atom. The Morgan fingerprint density at radius 1 is 1.14 bits per heavy atom. The predicted octanol–water partition coefficient (Wildman–Crippen LogP) is 3.31. The Labute approximate surface area is 166 Å². The number of amides is 2. The smallest absolute Gasteiger partial charge is 0.317 e. The van der Waals surface area contributed by atoms with E-state index in [0.717, 1.165) is 51.1 Å². The van der Waals surface area contributed by atoms with Crippen molar-refractivity contribution in [3.05, 3.63) is 48.0 Å². The van der Waals surface area contributed by atoms with Crippen LogP contribution in [0.25, 0.3) is 5.69 Å². The van der Waals surface area contributed by atoms with Crippen LogP contribution in [0.4, 0.5) is 4.79 Å². The van der Waals surface area contributed by atoms with Gasteiger partial charge >= 0.3 is 6.03 Å². The molecule has 1 aliphatic carbocycles. The first-order valence-corrected chi connectivity index (χ1v) is 10.7. The number of nitrogens with one attached hydrogen (secondary N) is 2. The summed E-state index contributed by atoms with van der Waals surface area (Å²) >= 11 is 0. The summed E-state index contributed by atoms with van der Waals surface area (Å²) in [6.45, 7) is 2.34. The molecule has 1 saturated heterocycles. The van der Waals surface area contributed by atoms with E-state index in [9.17, 15) is 4.79 Å². The molecule has 0 bridgehead atoms. The number of hydrogen-bond donors (Lipinski definition) is 2. The molecule has 6 heteroatoms. The van der Waals surface area contributed by atoms with Gasteiger partial charge in [-0.1, -0.05) is 37.5 Å². The zero-order valence-corrected chi connectivity index (χ0v) is 16.4. The maximum absolute atomic E-state index is 12.8. The molecule has 2 N–H and O–H groups in total. The van der Waals surface area contributed by atoms with Gasteiger partial charge in [0.05, 0.1) is 11.2 Å². The van der Waals surface area contributed by atoms with E-state index in [1.54, 1.807) is 0 Å². The molecule has 1 saturated carbocycles. The van der Waals surface area contributed by atoms with Crippen LogP contribution in [0.1, 0.15) is 56.3 Å². The Balaban J connectivity index is 1.31. The van der Waals surface area contributed by atoms with Gasteiger partial charge in [-0.15, -0.1) is 0 Å². The minimum Gasteiger partial charge on any atom is -0.335 e. The zero-order valence-electron chi connectivity index (χ0n) is 16.4. The fourth-order valence-electron chi connectivity index (χ4n) is 5.10. The van der Waals surface area contributed by atoms with Gasteiger partial charge in [0.25, 0.3) is 0 Å². The van der Waals surface area contributed by atoms with Crippen molar-refractivity contribution in [2.24, 2.45) is 0 Å². The van der Waals surface area contributed by atoms with E-state index in [-0.39, 0.29) is 11.6 Å². The summed E-state index contributed by atoms with van der Waals surface area (Å²) in [4.78, 5) is 19.5. The Morgan fingerprint density at radius 3 is 2.75 bits per heavy atom. The first-order chi connectivity index (χ1) is 13.8. The normalized spacial score (nSPS) is 21.6. The number of urea groups is 1. The van der Waals surface area contributed by atoms with E-state index in [0.29, 0.717) is 6.04 Å². The second-order valence-corrected chi connectivity index (χ2v) is 8.46. The highest BCUT2D eigenvalue weighted by molar-refractivity contribution is 5.74. The number of fused-ring (bicyclic) bond motifs is 4. The molecule has 1 spiro atoms. The minimum absolute atomic E-state index is 0.113. The molecule has 0 radical (unpaired) electrons. The summed E-state index contributed by atoms with van der Waals surface area (Å²) in [5.41, 5.74) is 2.32. The van der Waals surface area contributed by atoms with Crippen LogP contribution in [-0.4, -0.2) is 39.6 Å². The highest BCUT2D eigenvalue weighted by atomic mass is 16.2. The number of likely N-dealkylation sites (tertiary alicyclic amines) is 1. The summed E-state index contributed by atoms with van der Waals surface area (Å²) in [5.74, 6) is 1.07. The van der Waals surface area contributed by atoms with Crippen LogP contribution in [0.15, 0.2) is 36.7 Å². The van der Waals surface area contributed by atoms with Gasteiger partial charge in [0.15, 0.2) is 0 Å². The second kappa shape index (κ2) is 7.24. The molecule has 2 aliphatic heterocycles. The number of imidazole rings is 1. The van der Waals surface area contributed by atoms with Crippen molar-refractivity contribution in [2.75, 3.05) is 13.1 Å². The third-order valence-electron chi connectivity index (χ3n) is 6.77. The molecule has 148 valence electrons. The van der Waals surface area contributed by atoms with Crippen LogP contribution in [0.5, 0.6) is 0 Å². The second-order valence-electron chi connectivity index (χ2n) is 8.46. The van der Waals surface area contributed by atoms with E-state index >= 15 is 0 Å². The molecule has 0 atom stereocenters. The summed E-state index contributed by atoms with van der Waals surface area (Å²) in [6.07, 6.45) is 11.8. The fraction of sp³-hybridized carbons (Fsp3) is 0.545. The van der Waals surface area contributed by atoms with E-state index < -0.39 is 0 Å². The average molecular weight is 380 g/mol. The number of benzene rings is 1. The van der Waals surface area contributed by atoms with Crippen molar-refractivity contribution in [1.29, 1.82) is 0 Å². The first kappa shape index (κ1) is 17.7. The Kier molecular flexibility index (Phi) is 4.59. The molecular formula is C22H29N5O. The van der Waals surface area contributed by atoms with Crippen molar-refractivity contribution in [3.8, 4) is 5.69 Å². The van der Waals surface area contributed by atoms with Crippen LogP contribution in [-0.2, 0) is 12.1 Å². The number of hydrogen-bond acceptors (Lipinski definition) is 3. The third kappa shape index (κ3) is 3.09. The zero-order chi connectivity index (χ0) is 19.0. The molecule has 28 heavy (non-hydrogen) atoms. The average Bonchev–Trinajstić information content (AvgIpc) is 3.20. The lowest BCUT2D eigenvalue weighted by molar-refractivity contribution is 0.131. The number of para-hydroxylation sites is 1. The number of piperidine rings is 1. The SMILES string of the molecule is O=C(NC1CCCCC1)N1CCC2(CC1)NCc1ccccc1-n1ccnc12. The molecule has 0 unspecified atom stereocenters. The van der Waals surface area contributed by atoms with Crippen molar-refractivity contribution < 1.29 is 4.79 Å². The molecule has 2 aromatic rings. The standard InChI is InChI=1S/C22H29N5O/c28-21(25-18-7-2-1-3-8-18)26-13-10-22(11-14-26)20-23-12-15-27(20)19-9-5-4-6-17(19)16-24-22/h4-6,9,12,15,18,24H,1-3,7-8,10-11,13-14,16H2,(H,25,28). The fourth-order valence-corrected chi connectivity index (χ4v) is 5.10. The number of nitrogens with zero attached hydrogens (tertiary/aromatic N) is 3. The van der Waals surface area contributed by atoms with Gasteiger partial charge in [-0.2, -0.15) is 0 Å². The Bertz CT molecular complexity index is 846. The molecule has 1 aromatic heterocycles. The van der Waals surface area contributed by atoms with Gasteiger partial charge in [0.1, 0.15) is 5.82 Å². The number of aromatic nitrogens is 2. The molecule has 5 rings (SSSR count). The highest BCUT2D eigenvalue weighted by Crippen LogP contribution is 2.36. The van der Waals surface area contributed by atoms with Crippen LogP contribution < -0.4 is 10.6 Å². The van der Waals surface area contributed by atoms with E-state index in [2.05, 4.69) is 45.7 Å². The summed E-state index contributed by atoms with van der Waals surface area (Å²) in [7, 11) is 0. The number of carbonyl (C=O) groups is 1. The highest BCUT2D eigenvalue weighted by Gasteiger charge is 2.42. The predicted molar refractivity (Wildman–Crippen MR) is 108 cm³/mol. The maximum Gasteiger partial charge on any atom is 0.317 e. The van der Waals surface area contributed by atoms with Gasteiger partial charge in [0.2, 0.25) is 0 Å². The number of rotatable bonds is 1. The maximum atomic E-state index is 12.8. The summed E-state index contributed by atoms with van der Waals surface area (Å²) < 4.78 is 2.23. The van der Waals surface area contributed by atoms with Crippen molar-refractivity contribution >= 4 is 6.03 Å². The van der Waals surface area contributed by atoms with E-state index in [1.165, 1.54) is 30.5 Å². The van der Waals surface area contributed by atoms with Crippen molar-refractivity contribution in [1.82, 2.24) is 25.1 Å². The van der Waals surface area contributed by atoms with Gasteiger partial charge < -0.3 is 20.1 Å². The molecule has 1 aromatic carbocycles. The molecule has 2 amide bonds. The monoisotopic (exact) mass is 379 g/mol. The summed E-state index contributed by atoms with van der Waals surface area (Å²) in [5, 5.41) is 7.06. The number of carbonyl (C=O) groups excluding carboxylic acids is 1. The van der Waals surface area contributed by atoms with Gasteiger partial charge in [-0.05, 0) is 37.3 Å². The lowest BCUT2D eigenvalue weighted by Gasteiger charge is -2.41. The molecular weight excluding hydrogens is 350 g/mol. The molecule has 3 heterocycles. The summed E-state index contributed by atoms with van der Waals surface area (Å²) in [6, 6.07) is 8.99. The van der Waals surface area contributed by atoms with E-state index in [1.807, 2.05) is 11.1 Å². The van der Waals surface area contributed by atoms with Crippen LogP contribution in [0, 0.1) is 0 Å². The lowest BCUT2D eigenvalue weighted by Crippen LogP contribution is -2.55. The molecule has 2 fully saturated rings. The molecule has 3 aliphatic rings. The van der Waals surface area contributed by atoms with E-state index in [4.69, 9.17) is 4.98 Å². The largest absolute Gasteiger partial charge is 0.335 e. The Hall–Kier alpha value is -2.34. The first-order valence-electron chi connectivity index (χ1n) is 10.7. The van der Waals surface area contributed by atoms with Crippen molar-refractivity contribution in [2.45, 2.75) is 63.1 Å². The van der Waals surface area contributed by atoms with Gasteiger partial charge in [-0.25, -0.2) is 9.78 Å². The van der Waals surface area contributed by atoms with Gasteiger partial charge in [-0.3, -0.25) is 0 Å². The van der Waals surface area contributed by atoms with Crippen LogP contribution in [0.2, 0.25) is 0 Å². The van der Waals surface area contributed by atoms with Gasteiger partial charge in [0, 0.05) is 38.1 Å². The quantitative estimate of drug-likeness (QED) is 0.799. The minimum atomic E-state index is -0.176.